The number of tetrazole rings is 1. The molecule has 2 aromatic carbocycles. The summed E-state index contributed by atoms with van der Waals surface area (Å²) in [6.45, 7) is 0.555. The van der Waals surface area contributed by atoms with E-state index in [4.69, 9.17) is 11.6 Å². The maximum Gasteiger partial charge on any atom is 0.245 e. The van der Waals surface area contributed by atoms with Crippen LogP contribution in [0.1, 0.15) is 11.6 Å². The van der Waals surface area contributed by atoms with Crippen molar-refractivity contribution in [2.75, 3.05) is 12.3 Å². The van der Waals surface area contributed by atoms with Crippen molar-refractivity contribution in [3.63, 3.8) is 0 Å². The predicted octanol–water partition coefficient (Wildman–Crippen LogP) is 3.02. The van der Waals surface area contributed by atoms with Crippen LogP contribution in [0.5, 0.6) is 0 Å². The lowest BCUT2D eigenvalue weighted by atomic mass is 10.1. The second-order valence-electron chi connectivity index (χ2n) is 5.59. The number of aromatic nitrogens is 4. The molecule has 1 unspecified atom stereocenters. The van der Waals surface area contributed by atoms with Crippen LogP contribution in [0.3, 0.4) is 0 Å². The number of hydrogen-bond donors (Lipinski definition) is 1. The first-order valence-corrected chi connectivity index (χ1v) is 9.51. The highest BCUT2D eigenvalue weighted by Gasteiger charge is 2.21. The third-order valence-electron chi connectivity index (χ3n) is 3.74. The van der Waals surface area contributed by atoms with E-state index in [-0.39, 0.29) is 5.91 Å². The maximum absolute atomic E-state index is 12.6. The molecular weight excluding hydrogens is 370 g/mol. The van der Waals surface area contributed by atoms with Gasteiger partial charge in [0.05, 0.1) is 0 Å². The molecule has 0 saturated heterocycles. The van der Waals surface area contributed by atoms with Gasteiger partial charge in [-0.05, 0) is 40.3 Å². The predicted molar refractivity (Wildman–Crippen MR) is 102 cm³/mol. The van der Waals surface area contributed by atoms with Gasteiger partial charge < -0.3 is 5.32 Å². The molecule has 1 amide bonds. The molecule has 0 aliphatic carbocycles. The first kappa shape index (κ1) is 18.4. The Kier molecular flexibility index (Phi) is 6.62. The Morgan fingerprint density at radius 1 is 1.15 bits per heavy atom. The van der Waals surface area contributed by atoms with Crippen LogP contribution < -0.4 is 5.32 Å². The molecule has 134 valence electrons. The van der Waals surface area contributed by atoms with E-state index >= 15 is 0 Å². The fourth-order valence-electron chi connectivity index (χ4n) is 2.45. The highest BCUT2D eigenvalue weighted by molar-refractivity contribution is 7.99. The molecule has 0 spiro atoms. The van der Waals surface area contributed by atoms with Crippen molar-refractivity contribution >= 4 is 29.3 Å². The van der Waals surface area contributed by atoms with Gasteiger partial charge in [-0.1, -0.05) is 41.9 Å². The molecule has 0 radical (unpaired) electrons. The van der Waals surface area contributed by atoms with Crippen LogP contribution in [0, 0.1) is 0 Å². The lowest BCUT2D eigenvalue weighted by Crippen LogP contribution is -2.35. The highest BCUT2D eigenvalue weighted by atomic mass is 35.5. The van der Waals surface area contributed by atoms with E-state index in [2.05, 4.69) is 20.8 Å². The molecule has 0 aliphatic rings. The summed E-state index contributed by atoms with van der Waals surface area (Å²) in [6, 6.07) is 17.0. The number of benzene rings is 2. The van der Waals surface area contributed by atoms with Gasteiger partial charge in [0.2, 0.25) is 5.91 Å². The molecule has 1 N–H and O–H groups in total. The second-order valence-corrected chi connectivity index (χ2v) is 7.19. The number of hydrogen-bond acceptors (Lipinski definition) is 5. The minimum absolute atomic E-state index is 0.0992. The van der Waals surface area contributed by atoms with Crippen molar-refractivity contribution in [3.05, 3.63) is 71.5 Å². The largest absolute Gasteiger partial charge is 0.353 e. The Hall–Kier alpha value is -2.38. The summed E-state index contributed by atoms with van der Waals surface area (Å²) in [4.78, 5) is 13.8. The zero-order valence-corrected chi connectivity index (χ0v) is 15.5. The van der Waals surface area contributed by atoms with Crippen LogP contribution in [0.15, 0.2) is 65.8 Å². The van der Waals surface area contributed by atoms with Crippen LogP contribution in [0.2, 0.25) is 5.02 Å². The first-order chi connectivity index (χ1) is 12.7. The SMILES string of the molecule is O=C(NCCSc1ccc(Cl)cc1)C(Cc1ccccc1)n1cnnn1. The van der Waals surface area contributed by atoms with Crippen molar-refractivity contribution in [2.24, 2.45) is 0 Å². The topological polar surface area (TPSA) is 72.7 Å². The first-order valence-electron chi connectivity index (χ1n) is 8.15. The van der Waals surface area contributed by atoms with E-state index in [9.17, 15) is 4.79 Å². The van der Waals surface area contributed by atoms with Crippen molar-refractivity contribution in [1.82, 2.24) is 25.5 Å². The molecule has 0 saturated carbocycles. The average molecular weight is 388 g/mol. The van der Waals surface area contributed by atoms with Crippen molar-refractivity contribution in [1.29, 1.82) is 0 Å². The number of thioether (sulfide) groups is 1. The average Bonchev–Trinajstić information content (AvgIpc) is 3.20. The second kappa shape index (κ2) is 9.35. The monoisotopic (exact) mass is 387 g/mol. The van der Waals surface area contributed by atoms with Gasteiger partial charge in [0.1, 0.15) is 12.4 Å². The quantitative estimate of drug-likeness (QED) is 0.475. The maximum atomic E-state index is 12.6. The fourth-order valence-corrected chi connectivity index (χ4v) is 3.34. The molecule has 1 atom stereocenters. The Labute approximate surface area is 160 Å². The molecule has 0 bridgehead atoms. The van der Waals surface area contributed by atoms with E-state index in [0.29, 0.717) is 18.0 Å². The number of carbonyl (C=O) groups excluding carboxylic acids is 1. The zero-order chi connectivity index (χ0) is 18.2. The normalized spacial score (nSPS) is 11.9. The Bertz CT molecular complexity index is 811. The molecule has 1 aromatic heterocycles. The van der Waals surface area contributed by atoms with Crippen LogP contribution in [-0.2, 0) is 11.2 Å². The molecule has 0 fully saturated rings. The van der Waals surface area contributed by atoms with Gasteiger partial charge in [-0.25, -0.2) is 4.68 Å². The van der Waals surface area contributed by atoms with Gasteiger partial charge in [0, 0.05) is 28.6 Å². The number of halogens is 1. The smallest absolute Gasteiger partial charge is 0.245 e. The Morgan fingerprint density at radius 3 is 2.62 bits per heavy atom. The van der Waals surface area contributed by atoms with Crippen molar-refractivity contribution in [2.45, 2.75) is 17.4 Å². The molecular formula is C18H18ClN5OS. The minimum atomic E-state index is -0.479. The number of nitrogens with zero attached hydrogens (tertiary/aromatic N) is 4. The Balaban J connectivity index is 1.54. The number of amides is 1. The third kappa shape index (κ3) is 5.31. The molecule has 8 heteroatoms. The third-order valence-corrected chi connectivity index (χ3v) is 5.01. The van der Waals surface area contributed by atoms with Crippen molar-refractivity contribution in [3.8, 4) is 0 Å². The summed E-state index contributed by atoms with van der Waals surface area (Å²) >= 11 is 7.54. The summed E-state index contributed by atoms with van der Waals surface area (Å²) in [7, 11) is 0. The van der Waals surface area contributed by atoms with Gasteiger partial charge in [0.25, 0.3) is 0 Å². The molecule has 3 aromatic rings. The fraction of sp³-hybridized carbons (Fsp3) is 0.222. The van der Waals surface area contributed by atoms with Crippen LogP contribution in [0.4, 0.5) is 0 Å². The van der Waals surface area contributed by atoms with E-state index in [1.807, 2.05) is 54.6 Å². The molecule has 0 aliphatic heterocycles. The highest BCUT2D eigenvalue weighted by Crippen LogP contribution is 2.20. The summed E-state index contributed by atoms with van der Waals surface area (Å²) in [6.07, 6.45) is 2.00. The lowest BCUT2D eigenvalue weighted by molar-refractivity contribution is -0.124. The lowest BCUT2D eigenvalue weighted by Gasteiger charge is -2.16. The summed E-state index contributed by atoms with van der Waals surface area (Å²) in [5, 5.41) is 14.9. The van der Waals surface area contributed by atoms with Gasteiger partial charge in [-0.15, -0.1) is 16.9 Å². The van der Waals surface area contributed by atoms with Gasteiger partial charge >= 0.3 is 0 Å². The molecule has 6 nitrogen and oxygen atoms in total. The van der Waals surface area contributed by atoms with Crippen LogP contribution in [0.25, 0.3) is 0 Å². The van der Waals surface area contributed by atoms with E-state index in [0.717, 1.165) is 16.2 Å². The Morgan fingerprint density at radius 2 is 1.92 bits per heavy atom. The number of carbonyl (C=O) groups is 1. The van der Waals surface area contributed by atoms with Gasteiger partial charge in [-0.2, -0.15) is 0 Å². The zero-order valence-electron chi connectivity index (χ0n) is 14.0. The summed E-state index contributed by atoms with van der Waals surface area (Å²) in [5.41, 5.74) is 1.05. The van der Waals surface area contributed by atoms with Crippen molar-refractivity contribution < 1.29 is 4.79 Å². The molecule has 26 heavy (non-hydrogen) atoms. The minimum Gasteiger partial charge on any atom is -0.353 e. The van der Waals surface area contributed by atoms with E-state index in [1.165, 1.54) is 11.0 Å². The number of nitrogens with one attached hydrogen (secondary N) is 1. The van der Waals surface area contributed by atoms with E-state index in [1.54, 1.807) is 11.8 Å². The van der Waals surface area contributed by atoms with Crippen LogP contribution in [-0.4, -0.2) is 38.4 Å². The molecule has 1 heterocycles. The van der Waals surface area contributed by atoms with Crippen LogP contribution >= 0.6 is 23.4 Å². The summed E-state index contributed by atoms with van der Waals surface area (Å²) in [5.74, 6) is 0.666. The molecule has 3 rings (SSSR count). The number of rotatable bonds is 8. The summed E-state index contributed by atoms with van der Waals surface area (Å²) < 4.78 is 1.49. The standard InChI is InChI=1S/C18H18ClN5OS/c19-15-6-8-16(9-7-15)26-11-10-20-18(25)17(24-13-21-22-23-24)12-14-4-2-1-3-5-14/h1-9,13,17H,10-12H2,(H,20,25). The van der Waals surface area contributed by atoms with Gasteiger partial charge in [0.15, 0.2) is 0 Å². The van der Waals surface area contributed by atoms with Gasteiger partial charge in [-0.3, -0.25) is 4.79 Å². The van der Waals surface area contributed by atoms with E-state index < -0.39 is 6.04 Å².